The summed E-state index contributed by atoms with van der Waals surface area (Å²) in [6, 6.07) is 0.339. The van der Waals surface area contributed by atoms with Crippen LogP contribution in [0.15, 0.2) is 6.20 Å². The number of aromatic nitrogens is 2. The highest BCUT2D eigenvalue weighted by atomic mass is 16.2. The molecule has 1 aromatic rings. The number of rotatable bonds is 6. The minimum atomic E-state index is -0.558. The average Bonchev–Trinajstić information content (AvgIpc) is 2.54. The highest BCUT2D eigenvalue weighted by Gasteiger charge is 2.27. The van der Waals surface area contributed by atoms with Crippen molar-refractivity contribution >= 4 is 23.6 Å². The van der Waals surface area contributed by atoms with Gasteiger partial charge in [-0.2, -0.15) is 4.98 Å². The first kappa shape index (κ1) is 19.0. The number of amides is 2. The van der Waals surface area contributed by atoms with E-state index >= 15 is 0 Å². The van der Waals surface area contributed by atoms with Gasteiger partial charge in [-0.1, -0.05) is 0 Å². The van der Waals surface area contributed by atoms with Gasteiger partial charge >= 0.3 is 0 Å². The number of hydrogen-bond acceptors (Lipinski definition) is 6. The normalized spacial score (nSPS) is 20.2. The maximum Gasteiger partial charge on any atom is 0.254 e. The number of nitrogens with two attached hydrogens (primary N) is 1. The molecule has 0 bridgehead atoms. The van der Waals surface area contributed by atoms with Gasteiger partial charge in [0.15, 0.2) is 0 Å². The van der Waals surface area contributed by atoms with Gasteiger partial charge in [0.1, 0.15) is 5.82 Å². The van der Waals surface area contributed by atoms with Crippen molar-refractivity contribution < 1.29 is 9.59 Å². The van der Waals surface area contributed by atoms with Crippen LogP contribution in [0.4, 0.5) is 11.8 Å². The molecule has 0 atom stereocenters. The van der Waals surface area contributed by atoms with E-state index in [9.17, 15) is 9.59 Å². The Bertz CT molecular complexity index is 624. The van der Waals surface area contributed by atoms with Gasteiger partial charge in [0.25, 0.3) is 5.91 Å². The maximum absolute atomic E-state index is 12.0. The number of anilines is 2. The summed E-state index contributed by atoms with van der Waals surface area (Å²) < 4.78 is 0. The Morgan fingerprint density at radius 3 is 2.40 bits per heavy atom. The number of primary amides is 1. The summed E-state index contributed by atoms with van der Waals surface area (Å²) in [5.74, 6) is 0.651. The third-order valence-corrected chi connectivity index (χ3v) is 4.33. The largest absolute Gasteiger partial charge is 0.367 e. The van der Waals surface area contributed by atoms with Gasteiger partial charge in [-0.3, -0.25) is 9.59 Å². The van der Waals surface area contributed by atoms with E-state index in [1.54, 1.807) is 19.0 Å². The Morgan fingerprint density at radius 1 is 1.24 bits per heavy atom. The lowest BCUT2D eigenvalue weighted by Crippen LogP contribution is -2.35. The van der Waals surface area contributed by atoms with Crippen LogP contribution >= 0.6 is 0 Å². The monoisotopic (exact) mass is 348 g/mol. The Labute approximate surface area is 148 Å². The van der Waals surface area contributed by atoms with Crippen LogP contribution in [-0.4, -0.2) is 52.9 Å². The Balaban J connectivity index is 2.01. The van der Waals surface area contributed by atoms with E-state index in [2.05, 4.69) is 20.6 Å². The molecule has 1 fully saturated rings. The van der Waals surface area contributed by atoms with Crippen molar-refractivity contribution in [1.29, 1.82) is 0 Å². The second-order valence-electron chi connectivity index (χ2n) is 7.04. The average molecular weight is 348 g/mol. The number of carbonyl (C=O) groups excluding carboxylic acids is 2. The van der Waals surface area contributed by atoms with E-state index in [4.69, 9.17) is 5.73 Å². The summed E-state index contributed by atoms with van der Waals surface area (Å²) in [5.41, 5.74) is 5.65. The van der Waals surface area contributed by atoms with E-state index in [0.29, 0.717) is 11.8 Å². The fourth-order valence-corrected chi connectivity index (χ4v) is 3.05. The summed E-state index contributed by atoms with van der Waals surface area (Å²) >= 11 is 0. The lowest BCUT2D eigenvalue weighted by molar-refractivity contribution is -0.133. The predicted molar refractivity (Wildman–Crippen MR) is 97.4 cm³/mol. The molecule has 4 N–H and O–H groups in total. The first-order valence-corrected chi connectivity index (χ1v) is 8.69. The fourth-order valence-electron chi connectivity index (χ4n) is 3.05. The van der Waals surface area contributed by atoms with Crippen molar-refractivity contribution in [2.45, 2.75) is 51.6 Å². The summed E-state index contributed by atoms with van der Waals surface area (Å²) in [7, 11) is 3.59. The fraction of sp³-hybridized carbons (Fsp3) is 0.647. The van der Waals surface area contributed by atoms with Crippen LogP contribution in [0.3, 0.4) is 0 Å². The van der Waals surface area contributed by atoms with Crippen LogP contribution in [0.2, 0.25) is 0 Å². The molecule has 0 unspecified atom stereocenters. The molecule has 0 radical (unpaired) electrons. The quantitative estimate of drug-likeness (QED) is 0.717. The van der Waals surface area contributed by atoms with E-state index in [1.165, 1.54) is 6.20 Å². The standard InChI is InChI=1S/C17H28N6O2/c1-10(2)20-15-13(14(18)24)9-19-17(22-15)21-12-7-5-11(6-8-12)16(25)23(3)4/h9-12H,5-8H2,1-4H3,(H2,18,24)(H2,19,20,21,22)/t11-,12-. The van der Waals surface area contributed by atoms with Gasteiger partial charge in [0, 0.05) is 38.3 Å². The summed E-state index contributed by atoms with van der Waals surface area (Å²) in [5, 5.41) is 6.43. The SMILES string of the molecule is CC(C)Nc1nc(N[C@H]2CC[C@H](C(=O)N(C)C)CC2)ncc1C(N)=O. The Morgan fingerprint density at radius 2 is 1.88 bits per heavy atom. The molecule has 1 heterocycles. The minimum Gasteiger partial charge on any atom is -0.367 e. The zero-order valence-corrected chi connectivity index (χ0v) is 15.4. The van der Waals surface area contributed by atoms with Crippen molar-refractivity contribution in [3.8, 4) is 0 Å². The molecule has 138 valence electrons. The number of nitrogens with zero attached hydrogens (tertiary/aromatic N) is 3. The maximum atomic E-state index is 12.0. The third-order valence-electron chi connectivity index (χ3n) is 4.33. The smallest absolute Gasteiger partial charge is 0.254 e. The van der Waals surface area contributed by atoms with Crippen molar-refractivity contribution in [2.24, 2.45) is 11.7 Å². The first-order chi connectivity index (χ1) is 11.8. The molecule has 1 aliphatic rings. The molecule has 8 heteroatoms. The second-order valence-corrected chi connectivity index (χ2v) is 7.04. The van der Waals surface area contributed by atoms with Gasteiger partial charge in [-0.25, -0.2) is 4.98 Å². The number of nitrogens with one attached hydrogen (secondary N) is 2. The predicted octanol–water partition coefficient (Wildman–Crippen LogP) is 1.45. The minimum absolute atomic E-state index is 0.101. The van der Waals surface area contributed by atoms with Gasteiger partial charge in [0.2, 0.25) is 11.9 Å². The lowest BCUT2D eigenvalue weighted by atomic mass is 9.85. The van der Waals surface area contributed by atoms with Crippen LogP contribution in [-0.2, 0) is 4.79 Å². The van der Waals surface area contributed by atoms with Gasteiger partial charge in [-0.05, 0) is 39.5 Å². The molecule has 25 heavy (non-hydrogen) atoms. The molecule has 1 aliphatic carbocycles. The van der Waals surface area contributed by atoms with Gasteiger partial charge in [-0.15, -0.1) is 0 Å². The number of carbonyl (C=O) groups is 2. The van der Waals surface area contributed by atoms with Crippen molar-refractivity contribution in [3.05, 3.63) is 11.8 Å². The lowest BCUT2D eigenvalue weighted by Gasteiger charge is -2.30. The molecule has 1 saturated carbocycles. The zero-order chi connectivity index (χ0) is 18.6. The highest BCUT2D eigenvalue weighted by molar-refractivity contribution is 5.97. The third kappa shape index (κ3) is 5.04. The second kappa shape index (κ2) is 8.13. The summed E-state index contributed by atoms with van der Waals surface area (Å²) in [6.45, 7) is 3.92. The molecule has 0 aliphatic heterocycles. The molecular formula is C17H28N6O2. The molecular weight excluding hydrogens is 320 g/mol. The zero-order valence-electron chi connectivity index (χ0n) is 15.4. The number of hydrogen-bond donors (Lipinski definition) is 3. The van der Waals surface area contributed by atoms with E-state index < -0.39 is 5.91 Å². The Kier molecular flexibility index (Phi) is 6.17. The molecule has 0 spiro atoms. The molecule has 8 nitrogen and oxygen atoms in total. The van der Waals surface area contributed by atoms with Crippen LogP contribution in [0.5, 0.6) is 0 Å². The van der Waals surface area contributed by atoms with Crippen LogP contribution in [0, 0.1) is 5.92 Å². The highest BCUT2D eigenvalue weighted by Crippen LogP contribution is 2.27. The molecule has 0 saturated heterocycles. The van der Waals surface area contributed by atoms with Crippen LogP contribution in [0.25, 0.3) is 0 Å². The van der Waals surface area contributed by atoms with Crippen molar-refractivity contribution in [3.63, 3.8) is 0 Å². The summed E-state index contributed by atoms with van der Waals surface area (Å²) in [4.78, 5) is 33.8. The van der Waals surface area contributed by atoms with Crippen LogP contribution in [0.1, 0.15) is 49.9 Å². The van der Waals surface area contributed by atoms with Crippen LogP contribution < -0.4 is 16.4 Å². The summed E-state index contributed by atoms with van der Waals surface area (Å²) in [6.07, 6.45) is 4.93. The van der Waals surface area contributed by atoms with Crippen molar-refractivity contribution in [2.75, 3.05) is 24.7 Å². The Hall–Kier alpha value is -2.38. The van der Waals surface area contributed by atoms with Crippen molar-refractivity contribution in [1.82, 2.24) is 14.9 Å². The molecule has 2 rings (SSSR count). The first-order valence-electron chi connectivity index (χ1n) is 8.69. The topological polar surface area (TPSA) is 113 Å². The molecule has 2 amide bonds. The van der Waals surface area contributed by atoms with E-state index in [1.807, 2.05) is 13.8 Å². The van der Waals surface area contributed by atoms with E-state index in [-0.39, 0.29) is 29.5 Å². The molecule has 0 aromatic carbocycles. The van der Waals surface area contributed by atoms with E-state index in [0.717, 1.165) is 25.7 Å². The van der Waals surface area contributed by atoms with Gasteiger partial charge in [0.05, 0.1) is 5.56 Å². The van der Waals surface area contributed by atoms with Gasteiger partial charge < -0.3 is 21.3 Å². The molecule has 1 aromatic heterocycles.